The lowest BCUT2D eigenvalue weighted by Crippen LogP contribution is -3.00. The van der Waals surface area contributed by atoms with Crippen LogP contribution >= 0.6 is 0 Å². The molecule has 0 saturated heterocycles. The molecule has 0 N–H and O–H groups in total. The number of hydrogen-bond donors (Lipinski definition) is 0. The summed E-state index contributed by atoms with van der Waals surface area (Å²) in [6.07, 6.45) is 3.37. The second kappa shape index (κ2) is 8.85. The van der Waals surface area contributed by atoms with Crippen molar-refractivity contribution < 1.29 is 47.7 Å². The second-order valence-corrected chi connectivity index (χ2v) is 6.44. The van der Waals surface area contributed by atoms with Gasteiger partial charge in [0, 0.05) is 12.1 Å². The van der Waals surface area contributed by atoms with Crippen molar-refractivity contribution in [3.05, 3.63) is 36.0 Å². The summed E-state index contributed by atoms with van der Waals surface area (Å²) in [4.78, 5) is 0. The molecule has 124 valence electrons. The summed E-state index contributed by atoms with van der Waals surface area (Å²) in [5.41, 5.74) is 2.58. The van der Waals surface area contributed by atoms with Crippen LogP contribution < -0.4 is 43.3 Å². The fraction of sp³-hybridized carbons (Fsp3) is 0.471. The van der Waals surface area contributed by atoms with Crippen LogP contribution in [0.1, 0.15) is 12.0 Å². The first-order chi connectivity index (χ1) is 9.40. The lowest BCUT2D eigenvalue weighted by molar-refractivity contribution is -0.873. The average molecular weight is 434 g/mol. The fourth-order valence-electron chi connectivity index (χ4n) is 2.49. The maximum Gasteiger partial charge on any atom is 0.213 e. The van der Waals surface area contributed by atoms with Crippen LogP contribution in [0, 0.1) is 6.92 Å². The van der Waals surface area contributed by atoms with Gasteiger partial charge in [-0.05, 0) is 24.6 Å². The Labute approximate surface area is 155 Å². The zero-order valence-electron chi connectivity index (χ0n) is 14.1. The van der Waals surface area contributed by atoms with Gasteiger partial charge in [-0.3, -0.25) is 0 Å². The number of benzene rings is 1. The van der Waals surface area contributed by atoms with Crippen molar-refractivity contribution in [1.29, 1.82) is 0 Å². The van der Waals surface area contributed by atoms with E-state index in [0.717, 1.165) is 16.8 Å². The maximum atomic E-state index is 5.33. The number of pyridine rings is 1. The molecule has 0 atom stereocenters. The lowest BCUT2D eigenvalue weighted by atomic mass is 10.1. The van der Waals surface area contributed by atoms with E-state index in [1.54, 1.807) is 7.11 Å². The van der Waals surface area contributed by atoms with Crippen LogP contribution in [0.3, 0.4) is 0 Å². The van der Waals surface area contributed by atoms with E-state index in [9.17, 15) is 0 Å². The van der Waals surface area contributed by atoms with Gasteiger partial charge in [0.25, 0.3) is 0 Å². The standard InChI is InChI=1S/C17H26N2O.2BrH/c1-14-9-11-18(10-6-12-19(2,3)4)17-8-7-15(20-5)13-16(14)17;;/h7-9,11,13H,6,10,12H2,1-5H3;2*1H/q+2;;/p-2. The van der Waals surface area contributed by atoms with E-state index in [2.05, 4.69) is 57.0 Å². The summed E-state index contributed by atoms with van der Waals surface area (Å²) in [5.74, 6) is 0.921. The molecule has 0 saturated carbocycles. The monoisotopic (exact) mass is 432 g/mol. The summed E-state index contributed by atoms with van der Waals surface area (Å²) < 4.78 is 8.69. The Kier molecular flexibility index (Phi) is 8.58. The third kappa shape index (κ3) is 5.52. The van der Waals surface area contributed by atoms with Crippen LogP contribution in [0.4, 0.5) is 0 Å². The molecule has 0 fully saturated rings. The van der Waals surface area contributed by atoms with Crippen LogP contribution in [0.2, 0.25) is 0 Å². The van der Waals surface area contributed by atoms with Crippen molar-refractivity contribution in [2.75, 3.05) is 34.8 Å². The number of rotatable bonds is 5. The minimum absolute atomic E-state index is 0. The van der Waals surface area contributed by atoms with E-state index in [0.29, 0.717) is 0 Å². The van der Waals surface area contributed by atoms with E-state index in [1.807, 2.05) is 6.07 Å². The highest BCUT2D eigenvalue weighted by Crippen LogP contribution is 2.21. The van der Waals surface area contributed by atoms with Gasteiger partial charge in [0.1, 0.15) is 5.75 Å². The van der Waals surface area contributed by atoms with Crippen LogP contribution in [0.5, 0.6) is 5.75 Å². The Morgan fingerprint density at radius 2 is 1.77 bits per heavy atom. The van der Waals surface area contributed by atoms with Gasteiger partial charge in [-0.15, -0.1) is 0 Å². The summed E-state index contributed by atoms with van der Waals surface area (Å²) >= 11 is 0. The highest BCUT2D eigenvalue weighted by atomic mass is 79.9. The van der Waals surface area contributed by atoms with E-state index in [1.165, 1.54) is 29.4 Å². The quantitative estimate of drug-likeness (QED) is 0.353. The first-order valence-corrected chi connectivity index (χ1v) is 7.18. The van der Waals surface area contributed by atoms with Gasteiger partial charge in [-0.2, -0.15) is 4.57 Å². The predicted molar refractivity (Wildman–Crippen MR) is 82.9 cm³/mol. The molecule has 0 spiro atoms. The molecule has 1 aromatic heterocycles. The van der Waals surface area contributed by atoms with E-state index in [4.69, 9.17) is 4.74 Å². The Balaban J connectivity index is 0.00000220. The van der Waals surface area contributed by atoms with Gasteiger partial charge in [0.15, 0.2) is 12.7 Å². The minimum Gasteiger partial charge on any atom is -1.00 e. The molecule has 0 radical (unpaired) electrons. The molecule has 0 aliphatic heterocycles. The molecule has 0 unspecified atom stereocenters. The van der Waals surface area contributed by atoms with Crippen molar-refractivity contribution >= 4 is 10.9 Å². The van der Waals surface area contributed by atoms with Crippen LogP contribution in [-0.4, -0.2) is 39.3 Å². The van der Waals surface area contributed by atoms with Gasteiger partial charge in [0.2, 0.25) is 5.52 Å². The summed E-state index contributed by atoms with van der Waals surface area (Å²) in [7, 11) is 8.43. The first-order valence-electron chi connectivity index (χ1n) is 7.18. The Bertz CT molecular complexity index is 609. The largest absolute Gasteiger partial charge is 1.00 e. The molecule has 5 heteroatoms. The number of halogens is 2. The second-order valence-electron chi connectivity index (χ2n) is 6.44. The number of methoxy groups -OCH3 is 1. The SMILES string of the molecule is COc1ccc2c(c1)c(C)cc[n+]2CCC[N+](C)(C)C.[Br-].[Br-]. The topological polar surface area (TPSA) is 13.1 Å². The summed E-state index contributed by atoms with van der Waals surface area (Å²) in [5, 5.41) is 1.28. The predicted octanol–water partition coefficient (Wildman–Crippen LogP) is -3.45. The van der Waals surface area contributed by atoms with Gasteiger partial charge in [-0.1, -0.05) is 0 Å². The lowest BCUT2D eigenvalue weighted by Gasteiger charge is -2.22. The molecular formula is C17H26Br2N2O. The first kappa shape index (κ1) is 21.4. The third-order valence-electron chi connectivity index (χ3n) is 3.67. The van der Waals surface area contributed by atoms with Gasteiger partial charge in [0.05, 0.1) is 46.6 Å². The Hall–Kier alpha value is -0.650. The maximum absolute atomic E-state index is 5.33. The highest BCUT2D eigenvalue weighted by Gasteiger charge is 2.14. The van der Waals surface area contributed by atoms with Crippen LogP contribution in [0.25, 0.3) is 10.9 Å². The van der Waals surface area contributed by atoms with Gasteiger partial charge in [-0.25, -0.2) is 0 Å². The molecule has 0 amide bonds. The molecular weight excluding hydrogens is 408 g/mol. The molecule has 2 rings (SSSR count). The zero-order valence-corrected chi connectivity index (χ0v) is 17.2. The van der Waals surface area contributed by atoms with E-state index in [-0.39, 0.29) is 34.0 Å². The normalized spacial score (nSPS) is 10.8. The Morgan fingerprint density at radius 3 is 2.36 bits per heavy atom. The number of quaternary nitrogens is 1. The molecule has 22 heavy (non-hydrogen) atoms. The number of nitrogens with zero attached hydrogens (tertiary/aromatic N) is 2. The van der Waals surface area contributed by atoms with Crippen LogP contribution in [-0.2, 0) is 6.54 Å². The molecule has 0 aliphatic carbocycles. The molecule has 0 aliphatic rings. The summed E-state index contributed by atoms with van der Waals surface area (Å²) in [6, 6.07) is 8.51. The van der Waals surface area contributed by atoms with Gasteiger partial charge >= 0.3 is 0 Å². The van der Waals surface area contributed by atoms with E-state index < -0.39 is 0 Å². The number of hydrogen-bond acceptors (Lipinski definition) is 1. The van der Waals surface area contributed by atoms with Crippen molar-refractivity contribution in [2.45, 2.75) is 19.9 Å². The zero-order chi connectivity index (χ0) is 14.8. The molecule has 2 aromatic rings. The van der Waals surface area contributed by atoms with E-state index >= 15 is 0 Å². The van der Waals surface area contributed by atoms with Crippen molar-refractivity contribution in [2.24, 2.45) is 0 Å². The molecule has 0 bridgehead atoms. The van der Waals surface area contributed by atoms with Crippen molar-refractivity contribution in [3.63, 3.8) is 0 Å². The smallest absolute Gasteiger partial charge is 0.213 e. The molecule has 1 aromatic carbocycles. The number of aryl methyl sites for hydroxylation is 2. The van der Waals surface area contributed by atoms with Crippen LogP contribution in [0.15, 0.2) is 30.5 Å². The Morgan fingerprint density at radius 1 is 1.09 bits per heavy atom. The minimum atomic E-state index is 0. The third-order valence-corrected chi connectivity index (χ3v) is 3.67. The number of aromatic nitrogens is 1. The average Bonchev–Trinajstić information content (AvgIpc) is 2.40. The highest BCUT2D eigenvalue weighted by molar-refractivity contribution is 5.80. The molecule has 1 heterocycles. The van der Waals surface area contributed by atoms with Crippen molar-refractivity contribution in [1.82, 2.24) is 0 Å². The van der Waals surface area contributed by atoms with Crippen molar-refractivity contribution in [3.8, 4) is 5.75 Å². The number of ether oxygens (including phenoxy) is 1. The summed E-state index contributed by atoms with van der Waals surface area (Å²) in [6.45, 7) is 4.38. The van der Waals surface area contributed by atoms with Gasteiger partial charge < -0.3 is 43.2 Å². The number of fused-ring (bicyclic) bond motifs is 1. The fourth-order valence-corrected chi connectivity index (χ4v) is 2.49. The molecule has 3 nitrogen and oxygen atoms in total.